The van der Waals surface area contributed by atoms with Crippen molar-refractivity contribution in [3.8, 4) is 0 Å². The number of amides is 2. The zero-order chi connectivity index (χ0) is 15.1. The van der Waals surface area contributed by atoms with E-state index in [1.54, 1.807) is 12.1 Å². The molecule has 0 saturated carbocycles. The van der Waals surface area contributed by atoms with Crippen LogP contribution in [-0.2, 0) is 16.0 Å². The summed E-state index contributed by atoms with van der Waals surface area (Å²) in [5.41, 5.74) is 0.587. The minimum atomic E-state index is -0.372. The number of piperidine rings is 1. The molecule has 1 saturated heterocycles. The Morgan fingerprint density at radius 3 is 2.82 bits per heavy atom. The summed E-state index contributed by atoms with van der Waals surface area (Å²) in [7, 11) is 0. The Hall–Kier alpha value is -1.66. The molecular formula is C15H21ClFN3O2. The van der Waals surface area contributed by atoms with Crippen molar-refractivity contribution in [3.63, 3.8) is 0 Å². The third-order valence-corrected chi connectivity index (χ3v) is 3.36. The first kappa shape index (κ1) is 18.4. The molecule has 1 fully saturated rings. The van der Waals surface area contributed by atoms with E-state index in [0.29, 0.717) is 5.56 Å². The SMILES string of the molecule is Cl.O=C(Cc1cccc(F)c1)NCC(=O)N[C@H]1CCCNC1. The van der Waals surface area contributed by atoms with Crippen molar-refractivity contribution in [2.24, 2.45) is 0 Å². The van der Waals surface area contributed by atoms with Crippen molar-refractivity contribution in [3.05, 3.63) is 35.6 Å². The molecule has 0 aliphatic carbocycles. The molecule has 5 nitrogen and oxygen atoms in total. The van der Waals surface area contributed by atoms with Crippen LogP contribution in [-0.4, -0.2) is 37.5 Å². The van der Waals surface area contributed by atoms with Crippen LogP contribution in [0.3, 0.4) is 0 Å². The first-order valence-electron chi connectivity index (χ1n) is 7.15. The van der Waals surface area contributed by atoms with E-state index < -0.39 is 0 Å². The van der Waals surface area contributed by atoms with Gasteiger partial charge in [-0.25, -0.2) is 4.39 Å². The van der Waals surface area contributed by atoms with Gasteiger partial charge in [-0.3, -0.25) is 9.59 Å². The van der Waals surface area contributed by atoms with Crippen LogP contribution in [0.25, 0.3) is 0 Å². The zero-order valence-electron chi connectivity index (χ0n) is 12.2. The van der Waals surface area contributed by atoms with E-state index in [-0.39, 0.29) is 49.0 Å². The fourth-order valence-corrected chi connectivity index (χ4v) is 2.33. The number of carbonyl (C=O) groups is 2. The lowest BCUT2D eigenvalue weighted by atomic mass is 10.1. The van der Waals surface area contributed by atoms with Crippen molar-refractivity contribution in [2.45, 2.75) is 25.3 Å². The molecule has 122 valence electrons. The predicted octanol–water partition coefficient (Wildman–Crippen LogP) is 0.774. The molecule has 1 aromatic rings. The highest BCUT2D eigenvalue weighted by molar-refractivity contribution is 5.86. The Morgan fingerprint density at radius 1 is 1.32 bits per heavy atom. The number of carbonyl (C=O) groups excluding carboxylic acids is 2. The summed E-state index contributed by atoms with van der Waals surface area (Å²) in [6, 6.07) is 6.00. The second-order valence-electron chi connectivity index (χ2n) is 5.19. The van der Waals surface area contributed by atoms with E-state index >= 15 is 0 Å². The van der Waals surface area contributed by atoms with Crippen molar-refractivity contribution in [1.82, 2.24) is 16.0 Å². The number of nitrogens with one attached hydrogen (secondary N) is 3. The monoisotopic (exact) mass is 329 g/mol. The second-order valence-corrected chi connectivity index (χ2v) is 5.19. The lowest BCUT2D eigenvalue weighted by Crippen LogP contribution is -2.48. The molecule has 0 unspecified atom stereocenters. The summed E-state index contributed by atoms with van der Waals surface area (Å²) in [6.07, 6.45) is 2.06. The maximum Gasteiger partial charge on any atom is 0.239 e. The Bertz CT molecular complexity index is 507. The highest BCUT2D eigenvalue weighted by Gasteiger charge is 2.15. The topological polar surface area (TPSA) is 70.2 Å². The molecule has 0 radical (unpaired) electrons. The maximum absolute atomic E-state index is 13.0. The van der Waals surface area contributed by atoms with Gasteiger partial charge in [-0.05, 0) is 37.1 Å². The maximum atomic E-state index is 13.0. The van der Waals surface area contributed by atoms with Crippen LogP contribution in [0.5, 0.6) is 0 Å². The van der Waals surface area contributed by atoms with E-state index in [4.69, 9.17) is 0 Å². The first-order chi connectivity index (χ1) is 10.1. The second kappa shape index (κ2) is 9.38. The summed E-state index contributed by atoms with van der Waals surface area (Å²) in [4.78, 5) is 23.4. The van der Waals surface area contributed by atoms with Gasteiger partial charge in [0.1, 0.15) is 5.82 Å². The molecule has 0 spiro atoms. The Morgan fingerprint density at radius 2 is 2.14 bits per heavy atom. The first-order valence-corrected chi connectivity index (χ1v) is 7.15. The smallest absolute Gasteiger partial charge is 0.239 e. The van der Waals surface area contributed by atoms with Crippen molar-refractivity contribution >= 4 is 24.2 Å². The van der Waals surface area contributed by atoms with Gasteiger partial charge < -0.3 is 16.0 Å². The summed E-state index contributed by atoms with van der Waals surface area (Å²) in [6.45, 7) is 1.70. The Balaban J connectivity index is 0.00000242. The number of halogens is 2. The molecule has 22 heavy (non-hydrogen) atoms. The molecule has 0 bridgehead atoms. The van der Waals surface area contributed by atoms with Gasteiger partial charge >= 0.3 is 0 Å². The molecule has 2 rings (SSSR count). The minimum Gasteiger partial charge on any atom is -0.351 e. The molecule has 0 aromatic heterocycles. The zero-order valence-corrected chi connectivity index (χ0v) is 13.0. The van der Waals surface area contributed by atoms with Crippen molar-refractivity contribution in [2.75, 3.05) is 19.6 Å². The van der Waals surface area contributed by atoms with Crippen molar-refractivity contribution in [1.29, 1.82) is 0 Å². The van der Waals surface area contributed by atoms with Gasteiger partial charge in [0.25, 0.3) is 0 Å². The average molecular weight is 330 g/mol. The summed E-state index contributed by atoms with van der Waals surface area (Å²) < 4.78 is 13.0. The third-order valence-electron chi connectivity index (χ3n) is 3.36. The Kier molecular flexibility index (Phi) is 7.84. The van der Waals surface area contributed by atoms with Gasteiger partial charge in [-0.15, -0.1) is 12.4 Å². The van der Waals surface area contributed by atoms with Gasteiger partial charge in [0.15, 0.2) is 0 Å². The van der Waals surface area contributed by atoms with Gasteiger partial charge in [0.2, 0.25) is 11.8 Å². The van der Waals surface area contributed by atoms with E-state index in [0.717, 1.165) is 25.9 Å². The van der Waals surface area contributed by atoms with Crippen LogP contribution < -0.4 is 16.0 Å². The number of hydrogen-bond acceptors (Lipinski definition) is 3. The van der Waals surface area contributed by atoms with E-state index in [9.17, 15) is 14.0 Å². The largest absolute Gasteiger partial charge is 0.351 e. The van der Waals surface area contributed by atoms with Gasteiger partial charge in [-0.2, -0.15) is 0 Å². The van der Waals surface area contributed by atoms with Crippen LogP contribution in [0.15, 0.2) is 24.3 Å². The van der Waals surface area contributed by atoms with Crippen LogP contribution in [0.4, 0.5) is 4.39 Å². The highest BCUT2D eigenvalue weighted by atomic mass is 35.5. The number of benzene rings is 1. The highest BCUT2D eigenvalue weighted by Crippen LogP contribution is 2.04. The average Bonchev–Trinajstić information content (AvgIpc) is 2.46. The standard InChI is InChI=1S/C15H20FN3O2.ClH/c16-12-4-1-3-11(7-12)8-14(20)18-10-15(21)19-13-5-2-6-17-9-13;/h1,3-4,7,13,17H,2,5-6,8-10H2,(H,18,20)(H,19,21);1H/t13-;/m0./s1. The number of rotatable bonds is 5. The molecule has 2 amide bonds. The molecular weight excluding hydrogens is 309 g/mol. The van der Waals surface area contributed by atoms with Crippen LogP contribution in [0.2, 0.25) is 0 Å². The van der Waals surface area contributed by atoms with Crippen molar-refractivity contribution < 1.29 is 14.0 Å². The summed E-state index contributed by atoms with van der Waals surface area (Å²) in [5.74, 6) is -0.864. The summed E-state index contributed by atoms with van der Waals surface area (Å²) in [5, 5.41) is 8.62. The van der Waals surface area contributed by atoms with E-state index in [1.807, 2.05) is 0 Å². The molecule has 1 heterocycles. The van der Waals surface area contributed by atoms with Gasteiger partial charge in [0.05, 0.1) is 13.0 Å². The normalized spacial score (nSPS) is 17.2. The third kappa shape index (κ3) is 6.41. The van der Waals surface area contributed by atoms with Crippen LogP contribution in [0.1, 0.15) is 18.4 Å². The molecule has 1 aliphatic rings. The molecule has 1 aromatic carbocycles. The van der Waals surface area contributed by atoms with Crippen LogP contribution >= 0.6 is 12.4 Å². The van der Waals surface area contributed by atoms with Crippen LogP contribution in [0, 0.1) is 5.82 Å². The van der Waals surface area contributed by atoms with Gasteiger partial charge in [-0.1, -0.05) is 12.1 Å². The molecule has 3 N–H and O–H groups in total. The van der Waals surface area contributed by atoms with E-state index in [1.165, 1.54) is 12.1 Å². The molecule has 1 aliphatic heterocycles. The quantitative estimate of drug-likeness (QED) is 0.747. The number of hydrogen-bond donors (Lipinski definition) is 3. The molecule has 1 atom stereocenters. The Labute approximate surface area is 135 Å². The lowest BCUT2D eigenvalue weighted by molar-refractivity contribution is -0.126. The molecule has 7 heteroatoms. The summed E-state index contributed by atoms with van der Waals surface area (Å²) >= 11 is 0. The van der Waals surface area contributed by atoms with Gasteiger partial charge in [0, 0.05) is 12.6 Å². The predicted molar refractivity (Wildman–Crippen MR) is 84.4 cm³/mol. The fourth-order valence-electron chi connectivity index (χ4n) is 2.33. The fraction of sp³-hybridized carbons (Fsp3) is 0.467. The lowest BCUT2D eigenvalue weighted by Gasteiger charge is -2.23. The minimum absolute atomic E-state index is 0. The van der Waals surface area contributed by atoms with E-state index in [2.05, 4.69) is 16.0 Å².